The van der Waals surface area contributed by atoms with Crippen LogP contribution in [0.25, 0.3) is 10.2 Å². The van der Waals surface area contributed by atoms with Crippen LogP contribution >= 0.6 is 35.3 Å². The summed E-state index contributed by atoms with van der Waals surface area (Å²) in [6, 6.07) is 14.3. The number of aromatic nitrogens is 3. The molecule has 0 radical (unpaired) electrons. The van der Waals surface area contributed by atoms with Gasteiger partial charge in [0.2, 0.25) is 0 Å². The highest BCUT2D eigenvalue weighted by atomic mass is 35.5. The van der Waals surface area contributed by atoms with Crippen LogP contribution in [-0.4, -0.2) is 27.0 Å². The molecule has 30 heavy (non-hydrogen) atoms. The van der Waals surface area contributed by atoms with Crippen LogP contribution in [0.3, 0.4) is 0 Å². The number of para-hydroxylation sites is 1. The SMILES string of the molecule is Cl.N#Cc1ccc(C(=O)N(CCCn2ccnc2)c2nc3c(Cl)cccc3s2)cc1. The minimum absolute atomic E-state index is 0. The fourth-order valence-corrected chi connectivity index (χ4v) is 4.27. The van der Waals surface area contributed by atoms with Gasteiger partial charge in [0, 0.05) is 31.0 Å². The number of hydrogen-bond donors (Lipinski definition) is 0. The smallest absolute Gasteiger partial charge is 0.260 e. The lowest BCUT2D eigenvalue weighted by molar-refractivity contribution is 0.0986. The van der Waals surface area contributed by atoms with E-state index in [1.165, 1.54) is 11.3 Å². The summed E-state index contributed by atoms with van der Waals surface area (Å²) < 4.78 is 2.90. The average molecular weight is 458 g/mol. The van der Waals surface area contributed by atoms with Crippen LogP contribution in [0.15, 0.2) is 61.2 Å². The fraction of sp³-hybridized carbons (Fsp3) is 0.143. The molecular formula is C21H17Cl2N5OS. The predicted octanol–water partition coefficient (Wildman–Crippen LogP) is 5.18. The molecular weight excluding hydrogens is 441 g/mol. The van der Waals surface area contributed by atoms with Gasteiger partial charge in [0.25, 0.3) is 5.91 Å². The van der Waals surface area contributed by atoms with Gasteiger partial charge >= 0.3 is 0 Å². The number of carbonyl (C=O) groups is 1. The molecule has 4 rings (SSSR count). The van der Waals surface area contributed by atoms with E-state index in [1.54, 1.807) is 47.8 Å². The van der Waals surface area contributed by atoms with E-state index < -0.39 is 0 Å². The van der Waals surface area contributed by atoms with Gasteiger partial charge in [-0.2, -0.15) is 5.26 Å². The lowest BCUT2D eigenvalue weighted by atomic mass is 10.1. The van der Waals surface area contributed by atoms with E-state index in [0.29, 0.717) is 33.3 Å². The molecule has 0 saturated heterocycles. The van der Waals surface area contributed by atoms with Gasteiger partial charge in [-0.25, -0.2) is 9.97 Å². The number of hydrogen-bond acceptors (Lipinski definition) is 5. The Morgan fingerprint density at radius 1 is 1.23 bits per heavy atom. The molecule has 0 atom stereocenters. The summed E-state index contributed by atoms with van der Waals surface area (Å²) in [4.78, 5) is 23.6. The first-order valence-corrected chi connectivity index (χ1v) is 10.2. The second kappa shape index (κ2) is 9.72. The van der Waals surface area contributed by atoms with Crippen molar-refractivity contribution in [1.82, 2.24) is 14.5 Å². The summed E-state index contributed by atoms with van der Waals surface area (Å²) in [5, 5.41) is 10.2. The van der Waals surface area contributed by atoms with Crippen molar-refractivity contribution in [3.63, 3.8) is 0 Å². The Kier molecular flexibility index (Phi) is 7.06. The molecule has 9 heteroatoms. The molecule has 0 spiro atoms. The summed E-state index contributed by atoms with van der Waals surface area (Å²) in [5.41, 5.74) is 1.72. The minimum Gasteiger partial charge on any atom is -0.337 e. The molecule has 152 valence electrons. The van der Waals surface area contributed by atoms with Crippen molar-refractivity contribution in [2.24, 2.45) is 0 Å². The van der Waals surface area contributed by atoms with Crippen LogP contribution in [0.1, 0.15) is 22.3 Å². The number of aryl methyl sites for hydroxylation is 1. The molecule has 2 heterocycles. The highest BCUT2D eigenvalue weighted by molar-refractivity contribution is 7.22. The van der Waals surface area contributed by atoms with E-state index in [4.69, 9.17) is 16.9 Å². The highest BCUT2D eigenvalue weighted by Gasteiger charge is 2.21. The zero-order valence-corrected chi connectivity index (χ0v) is 18.1. The van der Waals surface area contributed by atoms with Crippen molar-refractivity contribution in [3.05, 3.63) is 77.3 Å². The van der Waals surface area contributed by atoms with Crippen molar-refractivity contribution < 1.29 is 4.79 Å². The molecule has 0 unspecified atom stereocenters. The molecule has 4 aromatic rings. The molecule has 0 aliphatic rings. The Morgan fingerprint density at radius 3 is 2.70 bits per heavy atom. The summed E-state index contributed by atoms with van der Waals surface area (Å²) in [6.45, 7) is 1.23. The van der Waals surface area contributed by atoms with E-state index in [1.807, 2.05) is 22.9 Å². The van der Waals surface area contributed by atoms with Crippen LogP contribution in [0.2, 0.25) is 5.02 Å². The molecule has 1 amide bonds. The normalized spacial score (nSPS) is 10.4. The molecule has 0 saturated carbocycles. The van der Waals surface area contributed by atoms with Gasteiger partial charge in [0.15, 0.2) is 5.13 Å². The van der Waals surface area contributed by atoms with Gasteiger partial charge in [-0.1, -0.05) is 29.0 Å². The van der Waals surface area contributed by atoms with Crippen LogP contribution < -0.4 is 4.90 Å². The van der Waals surface area contributed by atoms with Gasteiger partial charge in [-0.15, -0.1) is 12.4 Å². The summed E-state index contributed by atoms with van der Waals surface area (Å²) in [7, 11) is 0. The average Bonchev–Trinajstić information content (AvgIpc) is 3.41. The first-order valence-electron chi connectivity index (χ1n) is 8.98. The topological polar surface area (TPSA) is 74.8 Å². The number of imidazole rings is 1. The Morgan fingerprint density at radius 2 is 2.03 bits per heavy atom. The number of nitriles is 1. The Hall–Kier alpha value is -2.92. The molecule has 2 aromatic carbocycles. The van der Waals surface area contributed by atoms with Crippen molar-refractivity contribution in [3.8, 4) is 6.07 Å². The summed E-state index contributed by atoms with van der Waals surface area (Å²) in [5.74, 6) is -0.157. The van der Waals surface area contributed by atoms with Gasteiger partial charge in [0.05, 0.1) is 27.7 Å². The number of rotatable bonds is 6. The molecule has 0 N–H and O–H groups in total. The lowest BCUT2D eigenvalue weighted by Crippen LogP contribution is -2.32. The lowest BCUT2D eigenvalue weighted by Gasteiger charge is -2.20. The van der Waals surface area contributed by atoms with Crippen molar-refractivity contribution in [1.29, 1.82) is 5.26 Å². The second-order valence-corrected chi connectivity index (χ2v) is 7.80. The third kappa shape index (κ3) is 4.62. The molecule has 0 aliphatic carbocycles. The van der Waals surface area contributed by atoms with E-state index in [0.717, 1.165) is 17.7 Å². The van der Waals surface area contributed by atoms with Gasteiger partial charge in [0.1, 0.15) is 5.52 Å². The standard InChI is InChI=1S/C21H16ClN5OS.ClH/c22-17-3-1-4-18-19(17)25-21(29-18)27(11-2-10-26-12-9-24-14-26)20(28)16-7-5-15(13-23)6-8-16;/h1,3-9,12,14H,2,10-11H2;1H. The maximum absolute atomic E-state index is 13.3. The van der Waals surface area contributed by atoms with Crippen molar-refractivity contribution >= 4 is 56.6 Å². The van der Waals surface area contributed by atoms with E-state index in [2.05, 4.69) is 16.0 Å². The molecule has 6 nitrogen and oxygen atoms in total. The van der Waals surface area contributed by atoms with Crippen LogP contribution in [0, 0.1) is 11.3 Å². The molecule has 0 fully saturated rings. The quantitative estimate of drug-likeness (QED) is 0.399. The van der Waals surface area contributed by atoms with Gasteiger partial charge < -0.3 is 4.57 Å². The van der Waals surface area contributed by atoms with E-state index >= 15 is 0 Å². The summed E-state index contributed by atoms with van der Waals surface area (Å²) >= 11 is 7.71. The van der Waals surface area contributed by atoms with Crippen LogP contribution in [0.5, 0.6) is 0 Å². The minimum atomic E-state index is -0.157. The zero-order valence-electron chi connectivity index (χ0n) is 15.7. The fourth-order valence-electron chi connectivity index (χ4n) is 2.98. The van der Waals surface area contributed by atoms with E-state index in [-0.39, 0.29) is 18.3 Å². The number of thiazole rings is 1. The van der Waals surface area contributed by atoms with E-state index in [9.17, 15) is 4.79 Å². The number of amides is 1. The monoisotopic (exact) mass is 457 g/mol. The summed E-state index contributed by atoms with van der Waals surface area (Å²) in [6.07, 6.45) is 6.12. The van der Waals surface area contributed by atoms with Crippen LogP contribution in [-0.2, 0) is 6.54 Å². The first kappa shape index (κ1) is 21.8. The molecule has 2 aromatic heterocycles. The number of anilines is 1. The Labute approximate surface area is 188 Å². The van der Waals surface area contributed by atoms with Crippen molar-refractivity contribution in [2.45, 2.75) is 13.0 Å². The Bertz CT molecular complexity index is 1180. The number of carbonyl (C=O) groups excluding carboxylic acids is 1. The number of halogens is 2. The van der Waals surface area contributed by atoms with Gasteiger partial charge in [-0.3, -0.25) is 9.69 Å². The zero-order chi connectivity index (χ0) is 20.2. The molecule has 0 bridgehead atoms. The predicted molar refractivity (Wildman–Crippen MR) is 122 cm³/mol. The van der Waals surface area contributed by atoms with Crippen molar-refractivity contribution in [2.75, 3.05) is 11.4 Å². The first-order chi connectivity index (χ1) is 14.2. The van der Waals surface area contributed by atoms with Gasteiger partial charge in [-0.05, 0) is 42.8 Å². The number of fused-ring (bicyclic) bond motifs is 1. The largest absolute Gasteiger partial charge is 0.337 e. The number of nitrogens with zero attached hydrogens (tertiary/aromatic N) is 5. The Balaban J connectivity index is 0.00000256. The van der Waals surface area contributed by atoms with Crippen LogP contribution in [0.4, 0.5) is 5.13 Å². The molecule has 0 aliphatic heterocycles. The number of benzene rings is 2. The highest BCUT2D eigenvalue weighted by Crippen LogP contribution is 2.33. The maximum Gasteiger partial charge on any atom is 0.260 e. The third-order valence-electron chi connectivity index (χ3n) is 4.45. The third-order valence-corrected chi connectivity index (χ3v) is 5.80. The maximum atomic E-state index is 13.3. The second-order valence-electron chi connectivity index (χ2n) is 6.38.